The first kappa shape index (κ1) is 11.6. The topological polar surface area (TPSA) is 34.9 Å². The largest absolute Gasteiger partial charge is 0.270 e. The number of aryl methyl sites for hydroxylation is 1. The smallest absolute Gasteiger partial charge is 0.267 e. The maximum atomic E-state index is 12.1. The fourth-order valence-electron chi connectivity index (χ4n) is 1.79. The molecule has 1 unspecified atom stereocenters. The van der Waals surface area contributed by atoms with E-state index < -0.39 is 0 Å². The minimum Gasteiger partial charge on any atom is -0.267 e. The van der Waals surface area contributed by atoms with E-state index in [1.807, 2.05) is 51.1 Å². The number of rotatable bonds is 2. The molecule has 2 aromatic rings. The molecule has 3 heteroatoms. The molecule has 0 saturated carbocycles. The lowest BCUT2D eigenvalue weighted by Gasteiger charge is -2.15. The molecular formula is C14H16N2O. The highest BCUT2D eigenvalue weighted by molar-refractivity contribution is 5.21. The third kappa shape index (κ3) is 2.13. The van der Waals surface area contributed by atoms with Crippen molar-refractivity contribution in [2.45, 2.75) is 26.8 Å². The quantitative estimate of drug-likeness (QED) is 0.791. The average Bonchev–Trinajstić information content (AvgIpc) is 2.36. The molecular weight excluding hydrogens is 212 g/mol. The van der Waals surface area contributed by atoms with Crippen molar-refractivity contribution in [3.63, 3.8) is 0 Å². The molecule has 0 aliphatic heterocycles. The Balaban J connectivity index is 2.49. The van der Waals surface area contributed by atoms with Gasteiger partial charge in [0.1, 0.15) is 0 Å². The van der Waals surface area contributed by atoms with Crippen molar-refractivity contribution in [1.82, 2.24) is 9.78 Å². The fourth-order valence-corrected chi connectivity index (χ4v) is 1.79. The zero-order chi connectivity index (χ0) is 12.4. The summed E-state index contributed by atoms with van der Waals surface area (Å²) in [6.07, 6.45) is 1.75. The highest BCUT2D eigenvalue weighted by Gasteiger charge is 2.12. The lowest BCUT2D eigenvalue weighted by Crippen LogP contribution is -2.28. The van der Waals surface area contributed by atoms with Crippen LogP contribution in [0.15, 0.2) is 41.3 Å². The molecule has 88 valence electrons. The Morgan fingerprint density at radius 3 is 2.47 bits per heavy atom. The van der Waals surface area contributed by atoms with Crippen molar-refractivity contribution < 1.29 is 0 Å². The summed E-state index contributed by atoms with van der Waals surface area (Å²) in [6, 6.07) is 9.88. The van der Waals surface area contributed by atoms with E-state index in [9.17, 15) is 4.79 Å². The van der Waals surface area contributed by atoms with Crippen LogP contribution in [0.2, 0.25) is 0 Å². The molecule has 1 heterocycles. The standard InChI is InChI=1S/C14H16N2O/c1-10-9-15-16(14(17)11(10)2)12(3)13-7-5-4-6-8-13/h4-9,12H,1-3H3. The SMILES string of the molecule is Cc1cnn(C(C)c2ccccc2)c(=O)c1C. The van der Waals surface area contributed by atoms with Crippen LogP contribution in [0.3, 0.4) is 0 Å². The molecule has 0 aliphatic carbocycles. The second kappa shape index (κ2) is 4.53. The highest BCUT2D eigenvalue weighted by atomic mass is 16.1. The molecule has 2 rings (SSSR count). The Bertz CT molecular complexity index is 573. The summed E-state index contributed by atoms with van der Waals surface area (Å²) < 4.78 is 1.54. The van der Waals surface area contributed by atoms with E-state index in [0.29, 0.717) is 0 Å². The van der Waals surface area contributed by atoms with Crippen LogP contribution in [0, 0.1) is 13.8 Å². The molecule has 1 aromatic heterocycles. The van der Waals surface area contributed by atoms with Crippen LogP contribution < -0.4 is 5.56 Å². The molecule has 0 fully saturated rings. The van der Waals surface area contributed by atoms with Gasteiger partial charge in [-0.2, -0.15) is 5.10 Å². The summed E-state index contributed by atoms with van der Waals surface area (Å²) in [7, 11) is 0. The molecule has 0 radical (unpaired) electrons. The van der Waals surface area contributed by atoms with Gasteiger partial charge in [-0.3, -0.25) is 4.79 Å². The fraction of sp³-hybridized carbons (Fsp3) is 0.286. The van der Waals surface area contributed by atoms with Crippen molar-refractivity contribution in [3.8, 4) is 0 Å². The van der Waals surface area contributed by atoms with Crippen molar-refractivity contribution in [3.05, 3.63) is 63.6 Å². The minimum atomic E-state index is -0.0389. The van der Waals surface area contributed by atoms with E-state index >= 15 is 0 Å². The number of aromatic nitrogens is 2. The van der Waals surface area contributed by atoms with Crippen LogP contribution in [-0.2, 0) is 0 Å². The van der Waals surface area contributed by atoms with Gasteiger partial charge in [0.2, 0.25) is 0 Å². The van der Waals surface area contributed by atoms with E-state index in [1.54, 1.807) is 6.20 Å². The Morgan fingerprint density at radius 2 is 1.82 bits per heavy atom. The van der Waals surface area contributed by atoms with Gasteiger partial charge in [-0.05, 0) is 31.9 Å². The first-order chi connectivity index (χ1) is 8.11. The van der Waals surface area contributed by atoms with Crippen LogP contribution in [0.25, 0.3) is 0 Å². The molecule has 0 aliphatic rings. The molecule has 0 saturated heterocycles. The van der Waals surface area contributed by atoms with Crippen molar-refractivity contribution >= 4 is 0 Å². The molecule has 0 amide bonds. The van der Waals surface area contributed by atoms with E-state index in [4.69, 9.17) is 0 Å². The van der Waals surface area contributed by atoms with Crippen molar-refractivity contribution in [2.24, 2.45) is 0 Å². The highest BCUT2D eigenvalue weighted by Crippen LogP contribution is 2.14. The van der Waals surface area contributed by atoms with E-state index in [-0.39, 0.29) is 11.6 Å². The number of hydrogen-bond acceptors (Lipinski definition) is 2. The van der Waals surface area contributed by atoms with Gasteiger partial charge in [0.15, 0.2) is 0 Å². The predicted molar refractivity (Wildman–Crippen MR) is 68.2 cm³/mol. The molecule has 1 atom stereocenters. The molecule has 17 heavy (non-hydrogen) atoms. The molecule has 3 nitrogen and oxygen atoms in total. The Morgan fingerprint density at radius 1 is 1.18 bits per heavy atom. The van der Waals surface area contributed by atoms with E-state index in [1.165, 1.54) is 4.68 Å². The minimum absolute atomic E-state index is 0.0126. The van der Waals surface area contributed by atoms with Crippen LogP contribution in [-0.4, -0.2) is 9.78 Å². The van der Waals surface area contributed by atoms with Crippen LogP contribution in [0.5, 0.6) is 0 Å². The molecule has 0 bridgehead atoms. The van der Waals surface area contributed by atoms with Gasteiger partial charge in [-0.15, -0.1) is 0 Å². The van der Waals surface area contributed by atoms with Crippen molar-refractivity contribution in [2.75, 3.05) is 0 Å². The zero-order valence-electron chi connectivity index (χ0n) is 10.3. The first-order valence-corrected chi connectivity index (χ1v) is 5.71. The van der Waals surface area contributed by atoms with Gasteiger partial charge >= 0.3 is 0 Å². The summed E-state index contributed by atoms with van der Waals surface area (Å²) >= 11 is 0. The lowest BCUT2D eigenvalue weighted by molar-refractivity contribution is 0.527. The number of benzene rings is 1. The first-order valence-electron chi connectivity index (χ1n) is 5.71. The maximum absolute atomic E-state index is 12.1. The zero-order valence-corrected chi connectivity index (χ0v) is 10.3. The summed E-state index contributed by atoms with van der Waals surface area (Å²) in [5.74, 6) is 0. The third-order valence-corrected chi connectivity index (χ3v) is 3.15. The van der Waals surface area contributed by atoms with Crippen LogP contribution in [0.4, 0.5) is 0 Å². The predicted octanol–water partition coefficient (Wildman–Crippen LogP) is 2.47. The van der Waals surface area contributed by atoms with Gasteiger partial charge in [0.05, 0.1) is 12.2 Å². The normalized spacial score (nSPS) is 12.4. The molecule has 0 spiro atoms. The summed E-state index contributed by atoms with van der Waals surface area (Å²) in [5, 5.41) is 4.22. The van der Waals surface area contributed by atoms with Gasteiger partial charge in [-0.1, -0.05) is 30.3 Å². The van der Waals surface area contributed by atoms with Crippen molar-refractivity contribution in [1.29, 1.82) is 0 Å². The Kier molecular flexibility index (Phi) is 3.09. The van der Waals surface area contributed by atoms with Gasteiger partial charge in [-0.25, -0.2) is 4.68 Å². The summed E-state index contributed by atoms with van der Waals surface area (Å²) in [5.41, 5.74) is 2.78. The van der Waals surface area contributed by atoms with Gasteiger partial charge in [0, 0.05) is 5.56 Å². The molecule has 1 aromatic carbocycles. The summed E-state index contributed by atoms with van der Waals surface area (Å²) in [4.78, 5) is 12.1. The Hall–Kier alpha value is -1.90. The summed E-state index contributed by atoms with van der Waals surface area (Å²) in [6.45, 7) is 5.73. The van der Waals surface area contributed by atoms with Gasteiger partial charge < -0.3 is 0 Å². The van der Waals surface area contributed by atoms with E-state index in [2.05, 4.69) is 5.10 Å². The molecule has 0 N–H and O–H groups in total. The number of nitrogens with zero attached hydrogens (tertiary/aromatic N) is 2. The third-order valence-electron chi connectivity index (χ3n) is 3.15. The Labute approximate surface area is 101 Å². The second-order valence-electron chi connectivity index (χ2n) is 4.29. The monoisotopic (exact) mass is 228 g/mol. The van der Waals surface area contributed by atoms with Gasteiger partial charge in [0.25, 0.3) is 5.56 Å². The van der Waals surface area contributed by atoms with Crippen LogP contribution >= 0.6 is 0 Å². The maximum Gasteiger partial charge on any atom is 0.270 e. The number of hydrogen-bond donors (Lipinski definition) is 0. The second-order valence-corrected chi connectivity index (χ2v) is 4.29. The lowest BCUT2D eigenvalue weighted by atomic mass is 10.1. The average molecular weight is 228 g/mol. The van der Waals surface area contributed by atoms with E-state index in [0.717, 1.165) is 16.7 Å². The van der Waals surface area contributed by atoms with Crippen LogP contribution in [0.1, 0.15) is 29.7 Å².